The number of pyridine rings is 1. The average molecular weight is 191 g/mol. The Hall–Kier alpha value is -1.59. The van der Waals surface area contributed by atoms with Gasteiger partial charge in [-0.3, -0.25) is 9.59 Å². The first kappa shape index (κ1) is 9.50. The lowest BCUT2D eigenvalue weighted by molar-refractivity contribution is -0.206. The third kappa shape index (κ3) is 1.95. The van der Waals surface area contributed by atoms with Crippen molar-refractivity contribution in [3.8, 4) is 0 Å². The average Bonchev–Trinajstić information content (AvgIpc) is 2.03. The van der Waals surface area contributed by atoms with Gasteiger partial charge in [-0.05, 0) is 6.07 Å². The molecule has 1 aromatic rings. The first-order valence-electron chi connectivity index (χ1n) is 3.20. The zero-order chi connectivity index (χ0) is 10.1. The molecule has 0 saturated heterocycles. The Morgan fingerprint density at radius 2 is 1.92 bits per heavy atom. The van der Waals surface area contributed by atoms with Crippen molar-refractivity contribution in [2.45, 2.75) is 6.30 Å². The van der Waals surface area contributed by atoms with Gasteiger partial charge < -0.3 is 0 Å². The molecule has 0 N–H and O–H groups in total. The van der Waals surface area contributed by atoms with Gasteiger partial charge in [0.05, 0.1) is 0 Å². The number of hydrogen-bond acceptors (Lipinski definition) is 2. The number of alkyl halides is 3. The minimum Gasteiger partial charge on any atom is -0.298 e. The fraction of sp³-hybridized carbons (Fsp3) is 0.143. The van der Waals surface area contributed by atoms with E-state index in [2.05, 4.69) is 0 Å². The monoisotopic (exact) mass is 191 g/mol. The fourth-order valence-corrected chi connectivity index (χ4v) is 0.771. The Labute approximate surface area is 70.4 Å². The number of nitrogens with zero attached hydrogens (tertiary/aromatic N) is 1. The smallest absolute Gasteiger partial charge is 0.298 e. The van der Waals surface area contributed by atoms with Crippen LogP contribution in [0.4, 0.5) is 13.2 Å². The van der Waals surface area contributed by atoms with Crippen molar-refractivity contribution in [3.63, 3.8) is 0 Å². The summed E-state index contributed by atoms with van der Waals surface area (Å²) in [6.07, 6.45) is -4.09. The van der Waals surface area contributed by atoms with Crippen LogP contribution in [0, 0.1) is 0 Å². The molecule has 0 unspecified atom stereocenters. The van der Waals surface area contributed by atoms with Crippen LogP contribution >= 0.6 is 0 Å². The van der Waals surface area contributed by atoms with Gasteiger partial charge in [-0.1, -0.05) is 0 Å². The van der Waals surface area contributed by atoms with Crippen molar-refractivity contribution >= 4 is 6.29 Å². The molecule has 0 aliphatic rings. The summed E-state index contributed by atoms with van der Waals surface area (Å²) in [6, 6.07) is 1.72. The molecule has 0 bridgehead atoms. The number of rotatable bonds is 1. The Balaban J connectivity index is 3.36. The van der Waals surface area contributed by atoms with Crippen LogP contribution in [0.5, 0.6) is 0 Å². The van der Waals surface area contributed by atoms with Gasteiger partial charge in [0.25, 0.3) is 5.56 Å². The quantitative estimate of drug-likeness (QED) is 0.624. The molecule has 0 atom stereocenters. The summed E-state index contributed by atoms with van der Waals surface area (Å²) >= 11 is 0. The number of carbonyl (C=O) groups is 1. The van der Waals surface area contributed by atoms with Crippen LogP contribution in [0.1, 0.15) is 10.4 Å². The predicted molar refractivity (Wildman–Crippen MR) is 37.4 cm³/mol. The summed E-state index contributed by atoms with van der Waals surface area (Å²) in [6.45, 7) is 0. The van der Waals surface area contributed by atoms with Crippen LogP contribution < -0.4 is 5.56 Å². The molecule has 70 valence electrons. The maximum absolute atomic E-state index is 12.0. The highest BCUT2D eigenvalue weighted by molar-refractivity contribution is 5.73. The Kier molecular flexibility index (Phi) is 2.22. The van der Waals surface area contributed by atoms with Crippen molar-refractivity contribution in [1.29, 1.82) is 0 Å². The molecule has 1 heterocycles. The lowest BCUT2D eigenvalue weighted by Gasteiger charge is -2.08. The zero-order valence-corrected chi connectivity index (χ0v) is 6.21. The summed E-state index contributed by atoms with van der Waals surface area (Å²) < 4.78 is 35.6. The summed E-state index contributed by atoms with van der Waals surface area (Å²) in [5.41, 5.74) is -1.41. The van der Waals surface area contributed by atoms with Crippen LogP contribution in [0.25, 0.3) is 0 Å². The molecule has 0 aromatic carbocycles. The standard InChI is InChI=1S/C7H4F3NO2/c8-7(9,10)11-3-5(4-12)1-2-6(11)13/h1-4H. The van der Waals surface area contributed by atoms with Crippen LogP contribution in [0.15, 0.2) is 23.1 Å². The summed E-state index contributed by atoms with van der Waals surface area (Å²) in [5, 5.41) is 0. The van der Waals surface area contributed by atoms with E-state index in [-0.39, 0.29) is 11.8 Å². The van der Waals surface area contributed by atoms with E-state index in [0.717, 1.165) is 6.07 Å². The third-order valence-corrected chi connectivity index (χ3v) is 1.34. The van der Waals surface area contributed by atoms with E-state index >= 15 is 0 Å². The van der Waals surface area contributed by atoms with Crippen molar-refractivity contribution in [3.05, 3.63) is 34.2 Å². The number of hydrogen-bond donors (Lipinski definition) is 0. The highest BCUT2D eigenvalue weighted by Gasteiger charge is 2.31. The Morgan fingerprint density at radius 3 is 2.38 bits per heavy atom. The van der Waals surface area contributed by atoms with Crippen LogP contribution in [-0.2, 0) is 6.30 Å². The van der Waals surface area contributed by atoms with Gasteiger partial charge in [0, 0.05) is 17.8 Å². The molecule has 13 heavy (non-hydrogen) atoms. The Bertz CT molecular complexity index is 380. The van der Waals surface area contributed by atoms with Gasteiger partial charge in [-0.15, -0.1) is 13.2 Å². The van der Waals surface area contributed by atoms with E-state index in [9.17, 15) is 22.8 Å². The molecular weight excluding hydrogens is 187 g/mol. The molecule has 3 nitrogen and oxygen atoms in total. The minimum absolute atomic E-state index is 0.197. The summed E-state index contributed by atoms with van der Waals surface area (Å²) in [7, 11) is 0. The summed E-state index contributed by atoms with van der Waals surface area (Å²) in [4.78, 5) is 20.8. The highest BCUT2D eigenvalue weighted by atomic mass is 19.4. The number of aromatic nitrogens is 1. The maximum Gasteiger partial charge on any atom is 0.491 e. The second-order valence-corrected chi connectivity index (χ2v) is 2.26. The van der Waals surface area contributed by atoms with Crippen molar-refractivity contribution in [2.24, 2.45) is 0 Å². The molecule has 0 aliphatic heterocycles. The van der Waals surface area contributed by atoms with Gasteiger partial charge in [0.2, 0.25) is 0 Å². The third-order valence-electron chi connectivity index (χ3n) is 1.34. The molecule has 0 amide bonds. The van der Waals surface area contributed by atoms with Gasteiger partial charge >= 0.3 is 6.30 Å². The molecule has 1 rings (SSSR count). The van der Waals surface area contributed by atoms with Crippen LogP contribution in [-0.4, -0.2) is 10.9 Å². The van der Waals surface area contributed by atoms with Crippen LogP contribution in [0.2, 0.25) is 0 Å². The Morgan fingerprint density at radius 1 is 1.31 bits per heavy atom. The molecule has 0 radical (unpaired) electrons. The van der Waals surface area contributed by atoms with E-state index in [1.807, 2.05) is 0 Å². The zero-order valence-electron chi connectivity index (χ0n) is 6.21. The van der Waals surface area contributed by atoms with Gasteiger partial charge in [-0.25, -0.2) is 4.57 Å². The van der Waals surface area contributed by atoms with Gasteiger partial charge in [-0.2, -0.15) is 0 Å². The van der Waals surface area contributed by atoms with E-state index < -0.39 is 16.4 Å². The maximum atomic E-state index is 12.0. The fourth-order valence-electron chi connectivity index (χ4n) is 0.771. The van der Waals surface area contributed by atoms with E-state index in [1.54, 1.807) is 0 Å². The lowest BCUT2D eigenvalue weighted by atomic mass is 10.3. The SMILES string of the molecule is O=Cc1ccc(=O)n(C(F)(F)F)c1. The molecule has 0 aliphatic carbocycles. The van der Waals surface area contributed by atoms with E-state index in [1.165, 1.54) is 0 Å². The summed E-state index contributed by atoms with van der Waals surface area (Å²) in [5.74, 6) is 0. The number of halogens is 3. The first-order valence-corrected chi connectivity index (χ1v) is 3.20. The molecule has 0 fully saturated rings. The lowest BCUT2D eigenvalue weighted by Crippen LogP contribution is -2.29. The van der Waals surface area contributed by atoms with Gasteiger partial charge in [0.15, 0.2) is 6.29 Å². The molecule has 6 heteroatoms. The van der Waals surface area contributed by atoms with Crippen LogP contribution in [0.3, 0.4) is 0 Å². The molecule has 1 aromatic heterocycles. The van der Waals surface area contributed by atoms with Crippen molar-refractivity contribution in [1.82, 2.24) is 4.57 Å². The van der Waals surface area contributed by atoms with Gasteiger partial charge in [0.1, 0.15) is 0 Å². The molecule has 0 spiro atoms. The van der Waals surface area contributed by atoms with Crippen molar-refractivity contribution in [2.75, 3.05) is 0 Å². The number of aldehydes is 1. The number of carbonyl (C=O) groups excluding carboxylic acids is 1. The van der Waals surface area contributed by atoms with E-state index in [0.29, 0.717) is 12.3 Å². The minimum atomic E-state index is -4.78. The topological polar surface area (TPSA) is 39.1 Å². The molecular formula is C7H4F3NO2. The largest absolute Gasteiger partial charge is 0.491 e. The predicted octanol–water partition coefficient (Wildman–Crippen LogP) is 1.14. The second-order valence-electron chi connectivity index (χ2n) is 2.26. The molecule has 0 saturated carbocycles. The first-order chi connectivity index (χ1) is 5.95. The highest BCUT2D eigenvalue weighted by Crippen LogP contribution is 2.19. The van der Waals surface area contributed by atoms with E-state index in [4.69, 9.17) is 0 Å². The normalized spacial score (nSPS) is 11.3. The second kappa shape index (κ2) is 3.04. The van der Waals surface area contributed by atoms with Crippen molar-refractivity contribution < 1.29 is 18.0 Å².